The molecule has 3 aromatic rings. The van der Waals surface area contributed by atoms with Crippen LogP contribution in [0.3, 0.4) is 0 Å². The van der Waals surface area contributed by atoms with E-state index in [2.05, 4.69) is 33.4 Å². The zero-order chi connectivity index (χ0) is 12.5. The van der Waals surface area contributed by atoms with Gasteiger partial charge < -0.3 is 0 Å². The number of fused-ring (bicyclic) bond motifs is 1. The molecule has 0 aliphatic carbocycles. The van der Waals surface area contributed by atoms with E-state index in [1.54, 1.807) is 12.4 Å². The Morgan fingerprint density at radius 1 is 1.11 bits per heavy atom. The van der Waals surface area contributed by atoms with Gasteiger partial charge >= 0.3 is 0 Å². The SMILES string of the molecule is CC(C)c1nc2cccnc2n1-c1cccnc1. The Balaban J connectivity index is 2.35. The van der Waals surface area contributed by atoms with Gasteiger partial charge in [0.25, 0.3) is 0 Å². The fourth-order valence-electron chi connectivity index (χ4n) is 2.06. The van der Waals surface area contributed by atoms with Gasteiger partial charge in [-0.25, -0.2) is 9.97 Å². The molecule has 0 aromatic carbocycles. The van der Waals surface area contributed by atoms with Gasteiger partial charge in [0.2, 0.25) is 0 Å². The van der Waals surface area contributed by atoms with Gasteiger partial charge in [0, 0.05) is 18.3 Å². The van der Waals surface area contributed by atoms with Crippen molar-refractivity contribution in [2.24, 2.45) is 0 Å². The van der Waals surface area contributed by atoms with Gasteiger partial charge in [-0.15, -0.1) is 0 Å². The first-order valence-corrected chi connectivity index (χ1v) is 6.01. The van der Waals surface area contributed by atoms with Crippen molar-refractivity contribution in [3.8, 4) is 5.69 Å². The van der Waals surface area contributed by atoms with E-state index in [-0.39, 0.29) is 0 Å². The molecule has 0 radical (unpaired) electrons. The molecule has 3 heterocycles. The van der Waals surface area contributed by atoms with Crippen LogP contribution < -0.4 is 0 Å². The molecule has 4 heteroatoms. The predicted octanol–water partition coefficient (Wildman–Crippen LogP) is 2.94. The fourth-order valence-corrected chi connectivity index (χ4v) is 2.06. The van der Waals surface area contributed by atoms with Crippen molar-refractivity contribution < 1.29 is 0 Å². The Hall–Kier alpha value is -2.23. The maximum atomic E-state index is 4.66. The van der Waals surface area contributed by atoms with Crippen molar-refractivity contribution in [1.29, 1.82) is 0 Å². The van der Waals surface area contributed by atoms with E-state index in [0.29, 0.717) is 5.92 Å². The smallest absolute Gasteiger partial charge is 0.164 e. The van der Waals surface area contributed by atoms with Crippen LogP contribution in [-0.4, -0.2) is 19.5 Å². The number of aromatic nitrogens is 4. The van der Waals surface area contributed by atoms with Gasteiger partial charge in [-0.1, -0.05) is 13.8 Å². The average molecular weight is 238 g/mol. The minimum Gasteiger partial charge on any atom is -0.279 e. The van der Waals surface area contributed by atoms with E-state index < -0.39 is 0 Å². The quantitative estimate of drug-likeness (QED) is 0.689. The van der Waals surface area contributed by atoms with E-state index in [9.17, 15) is 0 Å². The van der Waals surface area contributed by atoms with Crippen LogP contribution in [0.2, 0.25) is 0 Å². The molecular weight excluding hydrogens is 224 g/mol. The lowest BCUT2D eigenvalue weighted by atomic mass is 10.2. The van der Waals surface area contributed by atoms with Crippen LogP contribution in [0.1, 0.15) is 25.6 Å². The van der Waals surface area contributed by atoms with Gasteiger partial charge in [-0.2, -0.15) is 0 Å². The second kappa shape index (κ2) is 4.22. The molecule has 0 fully saturated rings. The lowest BCUT2D eigenvalue weighted by Crippen LogP contribution is -2.03. The third-order valence-corrected chi connectivity index (χ3v) is 2.86. The van der Waals surface area contributed by atoms with E-state index in [1.807, 2.05) is 30.5 Å². The topological polar surface area (TPSA) is 43.6 Å². The van der Waals surface area contributed by atoms with Crippen molar-refractivity contribution in [3.63, 3.8) is 0 Å². The summed E-state index contributed by atoms with van der Waals surface area (Å²) >= 11 is 0. The highest BCUT2D eigenvalue weighted by molar-refractivity contribution is 5.73. The van der Waals surface area contributed by atoms with Crippen LogP contribution in [0.5, 0.6) is 0 Å². The average Bonchev–Trinajstić information content (AvgIpc) is 2.79. The minimum atomic E-state index is 0.333. The Bertz CT molecular complexity index is 671. The number of nitrogens with zero attached hydrogens (tertiary/aromatic N) is 4. The number of pyridine rings is 2. The Kier molecular flexibility index (Phi) is 2.55. The van der Waals surface area contributed by atoms with Crippen LogP contribution in [0.15, 0.2) is 42.9 Å². The van der Waals surface area contributed by atoms with Crippen LogP contribution in [0.4, 0.5) is 0 Å². The van der Waals surface area contributed by atoms with Gasteiger partial charge in [0.05, 0.1) is 11.9 Å². The highest BCUT2D eigenvalue weighted by Crippen LogP contribution is 2.23. The molecule has 18 heavy (non-hydrogen) atoms. The molecule has 4 nitrogen and oxygen atoms in total. The second-order valence-electron chi connectivity index (χ2n) is 4.52. The van der Waals surface area contributed by atoms with E-state index in [0.717, 1.165) is 22.7 Å². The third-order valence-electron chi connectivity index (χ3n) is 2.86. The largest absolute Gasteiger partial charge is 0.279 e. The zero-order valence-corrected chi connectivity index (χ0v) is 10.4. The molecule has 0 atom stereocenters. The molecule has 3 rings (SSSR count). The van der Waals surface area contributed by atoms with E-state index >= 15 is 0 Å². The highest BCUT2D eigenvalue weighted by atomic mass is 15.1. The summed E-state index contributed by atoms with van der Waals surface area (Å²) in [5.41, 5.74) is 2.81. The molecule has 0 saturated carbocycles. The molecule has 0 unspecified atom stereocenters. The summed E-state index contributed by atoms with van der Waals surface area (Å²) in [7, 11) is 0. The summed E-state index contributed by atoms with van der Waals surface area (Å²) < 4.78 is 2.08. The molecule has 0 saturated heterocycles. The van der Waals surface area contributed by atoms with E-state index in [1.165, 1.54) is 0 Å². The Labute approximate surface area is 105 Å². The zero-order valence-electron chi connectivity index (χ0n) is 10.4. The first-order chi connectivity index (χ1) is 8.77. The van der Waals surface area contributed by atoms with Crippen molar-refractivity contribution in [1.82, 2.24) is 19.5 Å². The molecule has 0 aliphatic heterocycles. The van der Waals surface area contributed by atoms with Crippen LogP contribution >= 0.6 is 0 Å². The molecule has 0 aliphatic rings. The monoisotopic (exact) mass is 238 g/mol. The van der Waals surface area contributed by atoms with Crippen LogP contribution in [-0.2, 0) is 0 Å². The fraction of sp³-hybridized carbons (Fsp3) is 0.214. The number of imidazole rings is 1. The Morgan fingerprint density at radius 2 is 1.94 bits per heavy atom. The molecule has 0 amide bonds. The van der Waals surface area contributed by atoms with Crippen molar-refractivity contribution in [2.45, 2.75) is 19.8 Å². The van der Waals surface area contributed by atoms with Gasteiger partial charge in [-0.3, -0.25) is 9.55 Å². The maximum Gasteiger partial charge on any atom is 0.164 e. The summed E-state index contributed by atoms with van der Waals surface area (Å²) in [6.45, 7) is 4.27. The van der Waals surface area contributed by atoms with Crippen LogP contribution in [0.25, 0.3) is 16.9 Å². The van der Waals surface area contributed by atoms with Crippen LogP contribution in [0, 0.1) is 0 Å². The number of rotatable bonds is 2. The van der Waals surface area contributed by atoms with E-state index in [4.69, 9.17) is 0 Å². The number of hydrogen-bond donors (Lipinski definition) is 0. The highest BCUT2D eigenvalue weighted by Gasteiger charge is 2.15. The molecule has 0 spiro atoms. The standard InChI is InChI=1S/C14H14N4/c1-10(2)13-17-12-6-4-8-16-14(12)18(13)11-5-3-7-15-9-11/h3-10H,1-2H3. The molecule has 0 N–H and O–H groups in total. The van der Waals surface area contributed by atoms with Gasteiger partial charge in [-0.05, 0) is 24.3 Å². The van der Waals surface area contributed by atoms with Crippen molar-refractivity contribution in [2.75, 3.05) is 0 Å². The summed E-state index contributed by atoms with van der Waals surface area (Å²) in [4.78, 5) is 13.3. The Morgan fingerprint density at radius 3 is 2.67 bits per heavy atom. The first-order valence-electron chi connectivity index (χ1n) is 6.01. The molecule has 90 valence electrons. The minimum absolute atomic E-state index is 0.333. The van der Waals surface area contributed by atoms with Gasteiger partial charge in [0.1, 0.15) is 11.3 Å². The summed E-state index contributed by atoms with van der Waals surface area (Å²) in [6, 6.07) is 7.84. The van der Waals surface area contributed by atoms with Crippen molar-refractivity contribution in [3.05, 3.63) is 48.7 Å². The molecular formula is C14H14N4. The second-order valence-corrected chi connectivity index (χ2v) is 4.52. The number of hydrogen-bond acceptors (Lipinski definition) is 3. The lowest BCUT2D eigenvalue weighted by Gasteiger charge is -2.09. The predicted molar refractivity (Wildman–Crippen MR) is 70.7 cm³/mol. The molecule has 3 aromatic heterocycles. The first kappa shape index (κ1) is 10.9. The van der Waals surface area contributed by atoms with Gasteiger partial charge in [0.15, 0.2) is 5.65 Å². The normalized spacial score (nSPS) is 11.3. The molecule has 0 bridgehead atoms. The van der Waals surface area contributed by atoms with Crippen molar-refractivity contribution >= 4 is 11.2 Å². The summed E-state index contributed by atoms with van der Waals surface area (Å²) in [5.74, 6) is 1.34. The summed E-state index contributed by atoms with van der Waals surface area (Å²) in [5, 5.41) is 0. The summed E-state index contributed by atoms with van der Waals surface area (Å²) in [6.07, 6.45) is 5.40. The third kappa shape index (κ3) is 1.66. The lowest BCUT2D eigenvalue weighted by molar-refractivity contribution is 0.756. The maximum absolute atomic E-state index is 4.66.